The minimum atomic E-state index is -1.86. The van der Waals surface area contributed by atoms with E-state index in [0.29, 0.717) is 50.3 Å². The Morgan fingerprint density at radius 2 is 1.88 bits per heavy atom. The molecule has 1 saturated heterocycles. The number of hydrogen-bond donors (Lipinski definition) is 6. The number of aromatic hydroxyl groups is 1. The fourth-order valence-electron chi connectivity index (χ4n) is 8.34. The first kappa shape index (κ1) is 38.3. The molecule has 13 nitrogen and oxygen atoms in total. The van der Waals surface area contributed by atoms with Crippen molar-refractivity contribution in [1.29, 1.82) is 0 Å². The zero-order valence-electron chi connectivity index (χ0n) is 29.4. The van der Waals surface area contributed by atoms with Gasteiger partial charge < -0.3 is 54.8 Å². The van der Waals surface area contributed by atoms with Gasteiger partial charge in [0, 0.05) is 50.6 Å². The van der Waals surface area contributed by atoms with Gasteiger partial charge in [0.15, 0.2) is 0 Å². The van der Waals surface area contributed by atoms with Gasteiger partial charge in [-0.3, -0.25) is 0 Å². The predicted molar refractivity (Wildman–Crippen MR) is 186 cm³/mol. The van der Waals surface area contributed by atoms with Crippen LogP contribution in [-0.4, -0.2) is 113 Å². The van der Waals surface area contributed by atoms with Gasteiger partial charge in [-0.1, -0.05) is 31.0 Å². The van der Waals surface area contributed by atoms with Crippen molar-refractivity contribution >= 4 is 11.7 Å². The van der Waals surface area contributed by atoms with Gasteiger partial charge in [-0.05, 0) is 80.6 Å². The number of urea groups is 1. The molecule has 1 aromatic carbocycles. The number of amides is 2. The molecule has 0 spiro atoms. The van der Waals surface area contributed by atoms with Crippen molar-refractivity contribution < 1.29 is 49.4 Å². The summed E-state index contributed by atoms with van der Waals surface area (Å²) in [5.41, 5.74) is 2.22. The second-order valence-corrected chi connectivity index (χ2v) is 13.9. The molecule has 6 N–H and O–H groups in total. The van der Waals surface area contributed by atoms with Crippen LogP contribution >= 0.6 is 0 Å². The first-order valence-corrected chi connectivity index (χ1v) is 18.6. The second-order valence-electron chi connectivity index (χ2n) is 13.9. The Hall–Kier alpha value is -2.94. The van der Waals surface area contributed by atoms with Crippen LogP contribution in [0.4, 0.5) is 4.79 Å². The summed E-state index contributed by atoms with van der Waals surface area (Å²) < 4.78 is 17.9. The quantitative estimate of drug-likeness (QED) is 0.0973. The fraction of sp³-hybridized carbons (Fsp3) is 0.730. The van der Waals surface area contributed by atoms with Crippen molar-refractivity contribution in [2.75, 3.05) is 52.7 Å². The number of nitrogens with one attached hydrogen (secondary N) is 1. The molecule has 5 rings (SSSR count). The summed E-state index contributed by atoms with van der Waals surface area (Å²) in [6.07, 6.45) is 9.58. The molecule has 7 atom stereocenters. The summed E-state index contributed by atoms with van der Waals surface area (Å²) in [6.45, 7) is 3.57. The number of allylic oxidation sites excluding steroid dienone is 1. The van der Waals surface area contributed by atoms with E-state index in [1.165, 1.54) is 0 Å². The number of ether oxygens (including phenoxy) is 3. The van der Waals surface area contributed by atoms with Crippen molar-refractivity contribution in [3.8, 4) is 11.5 Å². The van der Waals surface area contributed by atoms with Crippen LogP contribution in [0.15, 0.2) is 35.0 Å². The van der Waals surface area contributed by atoms with Gasteiger partial charge in [-0.15, -0.1) is 0 Å². The fourth-order valence-corrected chi connectivity index (χ4v) is 8.34. The molecular weight excluding hydrogens is 646 g/mol. The Kier molecular flexibility index (Phi) is 14.2. The monoisotopic (exact) mass is 703 g/mol. The van der Waals surface area contributed by atoms with Crippen LogP contribution in [0.3, 0.4) is 0 Å². The van der Waals surface area contributed by atoms with Gasteiger partial charge >= 0.3 is 6.03 Å². The van der Waals surface area contributed by atoms with Gasteiger partial charge in [0.1, 0.15) is 17.5 Å². The molecule has 0 bridgehead atoms. The number of oxime groups is 1. The van der Waals surface area contributed by atoms with Crippen LogP contribution in [0.1, 0.15) is 89.0 Å². The zero-order valence-corrected chi connectivity index (χ0v) is 29.4. The van der Waals surface area contributed by atoms with E-state index in [1.807, 2.05) is 6.92 Å². The number of phenols is 1. The van der Waals surface area contributed by atoms with E-state index in [2.05, 4.69) is 11.4 Å². The normalized spacial score (nSPS) is 29.4. The maximum atomic E-state index is 13.9. The number of carbonyl (C=O) groups excluding carboxylic acids is 1. The molecular formula is C37H57N3O10. The molecule has 13 heteroatoms. The smallest absolute Gasteiger partial charge is 0.317 e. The van der Waals surface area contributed by atoms with Crippen molar-refractivity contribution in [2.24, 2.45) is 22.9 Å². The molecule has 280 valence electrons. The number of fused-ring (bicyclic) bond motifs is 2. The van der Waals surface area contributed by atoms with E-state index >= 15 is 0 Å². The number of hydrogen-bond acceptors (Lipinski definition) is 11. The Morgan fingerprint density at radius 1 is 1.08 bits per heavy atom. The number of phenolic OH excluding ortho intramolecular Hbond substituents is 1. The SMILES string of the molecule is CCCN(C(=O)NCCOCCO)C1CC(=NOC2CCCCO2)C2=CC(CCCCO)C(CCCCO)C3c4cc(O)ccc4OC1(O)C23. The highest BCUT2D eigenvalue weighted by atomic mass is 16.8. The van der Waals surface area contributed by atoms with E-state index in [4.69, 9.17) is 29.3 Å². The number of aliphatic hydroxyl groups excluding tert-OH is 3. The molecule has 2 amide bonds. The number of nitrogens with zero attached hydrogens (tertiary/aromatic N) is 2. The first-order chi connectivity index (χ1) is 24.4. The van der Waals surface area contributed by atoms with Crippen LogP contribution in [0.25, 0.3) is 0 Å². The predicted octanol–water partition coefficient (Wildman–Crippen LogP) is 3.77. The minimum Gasteiger partial charge on any atom is -0.508 e. The number of unbranched alkanes of at least 4 members (excludes halogenated alkanes) is 2. The zero-order chi connectivity index (χ0) is 35.5. The number of carbonyl (C=O) groups is 1. The van der Waals surface area contributed by atoms with Crippen LogP contribution in [-0.2, 0) is 14.3 Å². The second kappa shape index (κ2) is 18.5. The van der Waals surface area contributed by atoms with Crippen LogP contribution < -0.4 is 10.1 Å². The molecule has 1 aromatic rings. The lowest BCUT2D eigenvalue weighted by Gasteiger charge is -2.58. The van der Waals surface area contributed by atoms with E-state index in [9.17, 15) is 25.2 Å². The van der Waals surface area contributed by atoms with Gasteiger partial charge in [-0.25, -0.2) is 4.79 Å². The summed E-state index contributed by atoms with van der Waals surface area (Å²) >= 11 is 0. The van der Waals surface area contributed by atoms with Gasteiger partial charge in [-0.2, -0.15) is 0 Å². The highest BCUT2D eigenvalue weighted by Gasteiger charge is 2.64. The number of benzene rings is 1. The lowest BCUT2D eigenvalue weighted by atomic mass is 9.55. The molecule has 1 saturated carbocycles. The maximum absolute atomic E-state index is 13.9. The average molecular weight is 704 g/mol. The summed E-state index contributed by atoms with van der Waals surface area (Å²) in [6, 6.07) is 3.73. The third kappa shape index (κ3) is 8.74. The summed E-state index contributed by atoms with van der Waals surface area (Å²) in [5.74, 6) is -2.22. The highest BCUT2D eigenvalue weighted by Crippen LogP contribution is 2.60. The summed E-state index contributed by atoms with van der Waals surface area (Å²) in [5, 5.41) is 59.9. The molecule has 0 aromatic heterocycles. The van der Waals surface area contributed by atoms with Crippen molar-refractivity contribution in [1.82, 2.24) is 10.2 Å². The summed E-state index contributed by atoms with van der Waals surface area (Å²) in [4.78, 5) is 21.6. The Labute approximate surface area is 295 Å². The van der Waals surface area contributed by atoms with Gasteiger partial charge in [0.05, 0.1) is 38.1 Å². The van der Waals surface area contributed by atoms with Crippen molar-refractivity contribution in [3.63, 3.8) is 0 Å². The van der Waals surface area contributed by atoms with E-state index in [-0.39, 0.29) is 75.5 Å². The number of aliphatic hydroxyl groups is 4. The Bertz CT molecular complexity index is 1300. The topological polar surface area (TPSA) is 183 Å². The summed E-state index contributed by atoms with van der Waals surface area (Å²) in [7, 11) is 0. The third-order valence-corrected chi connectivity index (χ3v) is 10.5. The van der Waals surface area contributed by atoms with E-state index < -0.39 is 24.0 Å². The van der Waals surface area contributed by atoms with Gasteiger partial charge in [0.25, 0.3) is 0 Å². The van der Waals surface area contributed by atoms with E-state index in [0.717, 1.165) is 49.7 Å². The molecule has 7 unspecified atom stereocenters. The van der Waals surface area contributed by atoms with E-state index in [1.54, 1.807) is 23.1 Å². The molecule has 2 aliphatic heterocycles. The maximum Gasteiger partial charge on any atom is 0.317 e. The molecule has 2 fully saturated rings. The molecule has 2 aliphatic carbocycles. The third-order valence-electron chi connectivity index (χ3n) is 10.5. The molecule has 2 heterocycles. The molecule has 4 aliphatic rings. The largest absolute Gasteiger partial charge is 0.508 e. The Balaban J connectivity index is 1.62. The lowest BCUT2D eigenvalue weighted by Crippen LogP contribution is -2.69. The standard InChI is InChI=1S/C37H57N3O10/c1-2-15-40(36(45)38-14-20-47-21-18-43)32-24-30(39-50-33-11-5-8-19-48-33)28-22-25(9-3-6-16-41)27(10-4-7-17-42)34-29-23-26(44)12-13-31(29)49-37(32,46)35(28)34/h12-13,22-23,25,27,32-35,41-44,46H,2-11,14-21,24H2,1H3,(H,38,45). The van der Waals surface area contributed by atoms with Crippen molar-refractivity contribution in [3.05, 3.63) is 35.4 Å². The molecule has 0 radical (unpaired) electrons. The van der Waals surface area contributed by atoms with Crippen molar-refractivity contribution in [2.45, 2.75) is 102 Å². The number of rotatable bonds is 18. The lowest BCUT2D eigenvalue weighted by molar-refractivity contribution is -0.228. The first-order valence-electron chi connectivity index (χ1n) is 18.6. The van der Waals surface area contributed by atoms with Crippen LogP contribution in [0.5, 0.6) is 11.5 Å². The minimum absolute atomic E-state index is 0.00434. The van der Waals surface area contributed by atoms with Crippen LogP contribution in [0, 0.1) is 17.8 Å². The molecule has 50 heavy (non-hydrogen) atoms. The van der Waals surface area contributed by atoms with Gasteiger partial charge in [0.2, 0.25) is 12.1 Å². The Morgan fingerprint density at radius 3 is 2.60 bits per heavy atom. The van der Waals surface area contributed by atoms with Crippen LogP contribution in [0.2, 0.25) is 0 Å². The average Bonchev–Trinajstić information content (AvgIpc) is 3.12. The highest BCUT2D eigenvalue weighted by molar-refractivity contribution is 6.03.